The van der Waals surface area contributed by atoms with Crippen LogP contribution in [0.15, 0.2) is 30.2 Å². The first-order valence-corrected chi connectivity index (χ1v) is 5.99. The molecule has 0 fully saturated rings. The van der Waals surface area contributed by atoms with Gasteiger partial charge in [-0.25, -0.2) is 0 Å². The lowest BCUT2D eigenvalue weighted by molar-refractivity contribution is -0.121. The van der Waals surface area contributed by atoms with E-state index in [9.17, 15) is 4.79 Å². The summed E-state index contributed by atoms with van der Waals surface area (Å²) >= 11 is 5.82. The van der Waals surface area contributed by atoms with Crippen LogP contribution in [0.4, 0.5) is 11.4 Å². The molecule has 0 aliphatic carbocycles. The summed E-state index contributed by atoms with van der Waals surface area (Å²) in [6.45, 7) is 3.73. The van der Waals surface area contributed by atoms with Crippen LogP contribution in [0.1, 0.15) is 20.3 Å². The third-order valence-electron chi connectivity index (χ3n) is 2.55. The zero-order valence-corrected chi connectivity index (χ0v) is 11.0. The molecule has 4 nitrogen and oxygen atoms in total. The average Bonchev–Trinajstić information content (AvgIpc) is 2.19. The highest BCUT2D eigenvalue weighted by Crippen LogP contribution is 2.28. The standard InChI is InChI=1S/C13H15ClN2O2/c1-13(2)7-9(17)6-12(18-13)16-11-4-3-8(14)5-10(11)15/h3-6,16H,7,15H2,1-2H3. The fourth-order valence-electron chi connectivity index (χ4n) is 1.82. The van der Waals surface area contributed by atoms with E-state index < -0.39 is 5.60 Å². The van der Waals surface area contributed by atoms with Crippen molar-refractivity contribution in [3.05, 3.63) is 35.2 Å². The maximum atomic E-state index is 11.6. The van der Waals surface area contributed by atoms with Crippen LogP contribution in [0.2, 0.25) is 5.02 Å². The topological polar surface area (TPSA) is 64.4 Å². The first-order valence-electron chi connectivity index (χ1n) is 5.61. The average molecular weight is 267 g/mol. The summed E-state index contributed by atoms with van der Waals surface area (Å²) in [4.78, 5) is 11.6. The fourth-order valence-corrected chi connectivity index (χ4v) is 2.00. The Balaban J connectivity index is 2.21. The molecule has 5 heteroatoms. The Labute approximate surface area is 111 Å². The molecule has 0 bridgehead atoms. The van der Waals surface area contributed by atoms with E-state index in [0.717, 1.165) is 0 Å². The van der Waals surface area contributed by atoms with Crippen molar-refractivity contribution in [3.8, 4) is 0 Å². The molecule has 0 radical (unpaired) electrons. The molecule has 1 heterocycles. The molecule has 1 aliphatic rings. The Bertz CT molecular complexity index is 524. The van der Waals surface area contributed by atoms with E-state index in [-0.39, 0.29) is 5.78 Å². The minimum atomic E-state index is -0.505. The van der Waals surface area contributed by atoms with Gasteiger partial charge in [0.05, 0.1) is 11.4 Å². The van der Waals surface area contributed by atoms with E-state index >= 15 is 0 Å². The first kappa shape index (κ1) is 12.8. The van der Waals surface area contributed by atoms with E-state index in [0.29, 0.717) is 28.7 Å². The van der Waals surface area contributed by atoms with Crippen molar-refractivity contribution in [1.82, 2.24) is 0 Å². The quantitative estimate of drug-likeness (QED) is 0.808. The summed E-state index contributed by atoms with van der Waals surface area (Å²) in [7, 11) is 0. The Kier molecular flexibility index (Phi) is 3.22. The van der Waals surface area contributed by atoms with E-state index in [1.165, 1.54) is 6.08 Å². The molecule has 1 aromatic rings. The summed E-state index contributed by atoms with van der Waals surface area (Å²) in [5.41, 5.74) is 6.49. The Morgan fingerprint density at radius 3 is 2.78 bits per heavy atom. The number of ether oxygens (including phenoxy) is 1. The van der Waals surface area contributed by atoms with Crippen LogP contribution in [0, 0.1) is 0 Å². The number of halogens is 1. The number of nitrogen functional groups attached to an aromatic ring is 1. The predicted octanol–water partition coefficient (Wildman–Crippen LogP) is 2.94. The summed E-state index contributed by atoms with van der Waals surface area (Å²) < 4.78 is 5.67. The number of ketones is 1. The second-order valence-corrected chi connectivity index (χ2v) is 5.31. The predicted molar refractivity (Wildman–Crippen MR) is 72.4 cm³/mol. The molecule has 0 unspecified atom stereocenters. The highest BCUT2D eigenvalue weighted by atomic mass is 35.5. The molecular weight excluding hydrogens is 252 g/mol. The number of nitrogens with two attached hydrogens (primary N) is 1. The molecule has 96 valence electrons. The molecule has 0 atom stereocenters. The zero-order valence-electron chi connectivity index (χ0n) is 10.3. The van der Waals surface area contributed by atoms with Gasteiger partial charge in [0.1, 0.15) is 5.60 Å². The Morgan fingerprint density at radius 1 is 1.44 bits per heavy atom. The Morgan fingerprint density at radius 2 is 2.17 bits per heavy atom. The number of nitrogens with one attached hydrogen (secondary N) is 1. The van der Waals surface area contributed by atoms with Crippen molar-refractivity contribution in [2.75, 3.05) is 11.1 Å². The highest BCUT2D eigenvalue weighted by Gasteiger charge is 2.29. The molecule has 0 aromatic heterocycles. The molecule has 3 N–H and O–H groups in total. The van der Waals surface area contributed by atoms with Crippen LogP contribution < -0.4 is 11.1 Å². The lowest BCUT2D eigenvalue weighted by atomic mass is 9.99. The third-order valence-corrected chi connectivity index (χ3v) is 2.78. The number of carbonyl (C=O) groups is 1. The van der Waals surface area contributed by atoms with Gasteiger partial charge in [-0.05, 0) is 32.0 Å². The number of hydrogen-bond donors (Lipinski definition) is 2. The second kappa shape index (κ2) is 4.53. The number of rotatable bonds is 2. The van der Waals surface area contributed by atoms with E-state index in [1.54, 1.807) is 18.2 Å². The number of benzene rings is 1. The summed E-state index contributed by atoms with van der Waals surface area (Å²) in [6.07, 6.45) is 1.81. The number of allylic oxidation sites excluding steroid dienone is 1. The molecule has 0 spiro atoms. The fraction of sp³-hybridized carbons (Fsp3) is 0.308. The van der Waals surface area contributed by atoms with Crippen LogP contribution in [0.25, 0.3) is 0 Å². The monoisotopic (exact) mass is 266 g/mol. The molecular formula is C13H15ClN2O2. The van der Waals surface area contributed by atoms with Gasteiger partial charge in [-0.2, -0.15) is 0 Å². The van der Waals surface area contributed by atoms with Gasteiger partial charge in [0.2, 0.25) is 0 Å². The first-order chi connectivity index (χ1) is 8.35. The number of hydrogen-bond acceptors (Lipinski definition) is 4. The van der Waals surface area contributed by atoms with Crippen molar-refractivity contribution in [3.63, 3.8) is 0 Å². The van der Waals surface area contributed by atoms with Crippen molar-refractivity contribution in [1.29, 1.82) is 0 Å². The van der Waals surface area contributed by atoms with Crippen molar-refractivity contribution < 1.29 is 9.53 Å². The molecule has 0 saturated carbocycles. The molecule has 18 heavy (non-hydrogen) atoms. The Hall–Kier alpha value is -1.68. The van der Waals surface area contributed by atoms with Crippen LogP contribution in [0.3, 0.4) is 0 Å². The summed E-state index contributed by atoms with van der Waals surface area (Å²) in [6, 6.07) is 5.10. The van der Waals surface area contributed by atoms with Gasteiger partial charge in [-0.1, -0.05) is 11.6 Å². The van der Waals surface area contributed by atoms with Gasteiger partial charge in [0.15, 0.2) is 11.7 Å². The van der Waals surface area contributed by atoms with Crippen LogP contribution in [-0.2, 0) is 9.53 Å². The van der Waals surface area contributed by atoms with Crippen LogP contribution in [-0.4, -0.2) is 11.4 Å². The highest BCUT2D eigenvalue weighted by molar-refractivity contribution is 6.31. The molecule has 0 amide bonds. The van der Waals surface area contributed by atoms with E-state index in [2.05, 4.69) is 5.32 Å². The normalized spacial score (nSPS) is 17.9. The van der Waals surface area contributed by atoms with E-state index in [1.807, 2.05) is 13.8 Å². The summed E-state index contributed by atoms with van der Waals surface area (Å²) in [5.74, 6) is 0.437. The van der Waals surface area contributed by atoms with E-state index in [4.69, 9.17) is 22.1 Å². The number of carbonyl (C=O) groups excluding carboxylic acids is 1. The SMILES string of the molecule is CC1(C)CC(=O)C=C(Nc2ccc(Cl)cc2N)O1. The molecule has 2 rings (SSSR count). The lowest BCUT2D eigenvalue weighted by Gasteiger charge is -2.30. The molecule has 1 aliphatic heterocycles. The van der Waals surface area contributed by atoms with Gasteiger partial charge in [-0.15, -0.1) is 0 Å². The minimum absolute atomic E-state index is 0.0290. The van der Waals surface area contributed by atoms with Gasteiger partial charge >= 0.3 is 0 Å². The molecule has 0 saturated heterocycles. The maximum absolute atomic E-state index is 11.6. The van der Waals surface area contributed by atoms with Gasteiger partial charge in [0, 0.05) is 17.5 Å². The molecule has 1 aromatic carbocycles. The largest absolute Gasteiger partial charge is 0.472 e. The van der Waals surface area contributed by atoms with Gasteiger partial charge in [0.25, 0.3) is 0 Å². The van der Waals surface area contributed by atoms with Crippen LogP contribution in [0.5, 0.6) is 0 Å². The van der Waals surface area contributed by atoms with Gasteiger partial charge in [-0.3, -0.25) is 4.79 Å². The van der Waals surface area contributed by atoms with Crippen molar-refractivity contribution in [2.24, 2.45) is 0 Å². The lowest BCUT2D eigenvalue weighted by Crippen LogP contribution is -2.33. The zero-order chi connectivity index (χ0) is 13.3. The maximum Gasteiger partial charge on any atom is 0.195 e. The van der Waals surface area contributed by atoms with Gasteiger partial charge < -0.3 is 15.8 Å². The summed E-state index contributed by atoms with van der Waals surface area (Å²) in [5, 5.41) is 3.56. The van der Waals surface area contributed by atoms with Crippen LogP contribution >= 0.6 is 11.6 Å². The van der Waals surface area contributed by atoms with Crippen molar-refractivity contribution in [2.45, 2.75) is 25.9 Å². The smallest absolute Gasteiger partial charge is 0.195 e. The third kappa shape index (κ3) is 2.96. The second-order valence-electron chi connectivity index (χ2n) is 4.87. The number of anilines is 2. The minimum Gasteiger partial charge on any atom is -0.472 e. The van der Waals surface area contributed by atoms with Crippen molar-refractivity contribution >= 4 is 28.8 Å².